The van der Waals surface area contributed by atoms with Gasteiger partial charge in [0.05, 0.1) is 18.7 Å². The van der Waals surface area contributed by atoms with E-state index in [4.69, 9.17) is 4.74 Å². The fourth-order valence-corrected chi connectivity index (χ4v) is 1.50. The molecule has 0 aliphatic carbocycles. The standard InChI is InChI=1S/C9H11BrFNO2/c1-13-7-3-6(5-12-14-2)9(11)8(10)4-7/h3-4,12H,5H2,1-2H3. The molecule has 0 unspecified atom stereocenters. The van der Waals surface area contributed by atoms with Gasteiger partial charge in [-0.05, 0) is 28.1 Å². The van der Waals surface area contributed by atoms with Crippen LogP contribution in [0.1, 0.15) is 5.56 Å². The van der Waals surface area contributed by atoms with Crippen molar-refractivity contribution in [1.29, 1.82) is 0 Å². The van der Waals surface area contributed by atoms with Crippen molar-refractivity contribution in [2.45, 2.75) is 6.54 Å². The molecular formula is C9H11BrFNO2. The van der Waals surface area contributed by atoms with Crippen molar-refractivity contribution < 1.29 is 14.0 Å². The molecule has 0 radical (unpaired) electrons. The Balaban J connectivity index is 2.95. The number of rotatable bonds is 4. The Kier molecular flexibility index (Phi) is 4.31. The molecule has 0 saturated carbocycles. The van der Waals surface area contributed by atoms with E-state index in [1.165, 1.54) is 14.2 Å². The summed E-state index contributed by atoms with van der Waals surface area (Å²) in [7, 11) is 3.01. The molecule has 0 bridgehead atoms. The SMILES string of the molecule is CONCc1cc(OC)cc(Br)c1F. The van der Waals surface area contributed by atoms with Crippen LogP contribution in [0.3, 0.4) is 0 Å². The summed E-state index contributed by atoms with van der Waals surface area (Å²) >= 11 is 3.11. The first-order valence-electron chi connectivity index (χ1n) is 3.96. The van der Waals surface area contributed by atoms with Gasteiger partial charge in [-0.15, -0.1) is 0 Å². The van der Waals surface area contributed by atoms with E-state index in [9.17, 15) is 4.39 Å². The normalized spacial score (nSPS) is 10.3. The molecule has 1 aromatic carbocycles. The van der Waals surface area contributed by atoms with Gasteiger partial charge < -0.3 is 9.57 Å². The van der Waals surface area contributed by atoms with Crippen LogP contribution in [0.2, 0.25) is 0 Å². The Morgan fingerprint density at radius 3 is 2.71 bits per heavy atom. The van der Waals surface area contributed by atoms with Gasteiger partial charge in [-0.3, -0.25) is 0 Å². The lowest BCUT2D eigenvalue weighted by molar-refractivity contribution is 0.0858. The van der Waals surface area contributed by atoms with Crippen LogP contribution in [0.15, 0.2) is 16.6 Å². The number of halogens is 2. The maximum absolute atomic E-state index is 13.4. The Morgan fingerprint density at radius 2 is 2.14 bits per heavy atom. The van der Waals surface area contributed by atoms with Crippen LogP contribution in [-0.2, 0) is 11.4 Å². The van der Waals surface area contributed by atoms with Crippen molar-refractivity contribution in [3.8, 4) is 5.75 Å². The first-order valence-corrected chi connectivity index (χ1v) is 4.76. The third-order valence-electron chi connectivity index (χ3n) is 1.72. The Hall–Kier alpha value is -0.650. The van der Waals surface area contributed by atoms with Gasteiger partial charge in [0.2, 0.25) is 0 Å². The van der Waals surface area contributed by atoms with E-state index >= 15 is 0 Å². The monoisotopic (exact) mass is 263 g/mol. The summed E-state index contributed by atoms with van der Waals surface area (Å²) in [6.45, 7) is 0.290. The zero-order valence-corrected chi connectivity index (χ0v) is 9.52. The number of hydroxylamine groups is 1. The lowest BCUT2D eigenvalue weighted by atomic mass is 10.2. The highest BCUT2D eigenvalue weighted by atomic mass is 79.9. The molecule has 3 nitrogen and oxygen atoms in total. The summed E-state index contributed by atoms with van der Waals surface area (Å²) < 4.78 is 18.8. The zero-order valence-electron chi connectivity index (χ0n) is 7.93. The van der Waals surface area contributed by atoms with Crippen LogP contribution >= 0.6 is 15.9 Å². The topological polar surface area (TPSA) is 30.5 Å². The van der Waals surface area contributed by atoms with E-state index in [0.717, 1.165) is 0 Å². The Bertz CT molecular complexity index is 320. The van der Waals surface area contributed by atoms with Crippen molar-refractivity contribution in [3.63, 3.8) is 0 Å². The third kappa shape index (κ3) is 2.67. The van der Waals surface area contributed by atoms with Gasteiger partial charge in [0.1, 0.15) is 11.6 Å². The van der Waals surface area contributed by atoms with Gasteiger partial charge in [-0.1, -0.05) is 0 Å². The average Bonchev–Trinajstić information content (AvgIpc) is 2.20. The molecule has 5 heteroatoms. The predicted molar refractivity (Wildman–Crippen MR) is 54.5 cm³/mol. The van der Waals surface area contributed by atoms with Crippen LogP contribution in [0.5, 0.6) is 5.75 Å². The first-order chi connectivity index (χ1) is 6.69. The zero-order chi connectivity index (χ0) is 10.6. The quantitative estimate of drug-likeness (QED) is 0.846. The van der Waals surface area contributed by atoms with Crippen molar-refractivity contribution in [2.24, 2.45) is 0 Å². The molecule has 1 rings (SSSR count). The maximum atomic E-state index is 13.4. The second-order valence-corrected chi connectivity index (χ2v) is 3.46. The summed E-state index contributed by atoms with van der Waals surface area (Å²) in [5.74, 6) is 0.293. The largest absolute Gasteiger partial charge is 0.497 e. The summed E-state index contributed by atoms with van der Waals surface area (Å²) in [6, 6.07) is 3.19. The van der Waals surface area contributed by atoms with Crippen molar-refractivity contribution >= 4 is 15.9 Å². The van der Waals surface area contributed by atoms with Crippen molar-refractivity contribution in [3.05, 3.63) is 28.0 Å². The predicted octanol–water partition coefficient (Wildman–Crippen LogP) is 2.25. The lowest BCUT2D eigenvalue weighted by Gasteiger charge is -2.08. The molecule has 0 atom stereocenters. The van der Waals surface area contributed by atoms with Gasteiger partial charge in [-0.25, -0.2) is 4.39 Å². The molecule has 0 aliphatic heterocycles. The number of hydrogen-bond donors (Lipinski definition) is 1. The minimum absolute atomic E-state index is 0.290. The smallest absolute Gasteiger partial charge is 0.142 e. The molecule has 0 aromatic heterocycles. The minimum atomic E-state index is -0.310. The van der Waals surface area contributed by atoms with Crippen molar-refractivity contribution in [2.75, 3.05) is 14.2 Å². The molecule has 0 heterocycles. The Morgan fingerprint density at radius 1 is 1.43 bits per heavy atom. The molecule has 0 fully saturated rings. The second kappa shape index (κ2) is 5.29. The number of methoxy groups -OCH3 is 1. The van der Waals surface area contributed by atoms with Crippen molar-refractivity contribution in [1.82, 2.24) is 5.48 Å². The highest BCUT2D eigenvalue weighted by Crippen LogP contribution is 2.25. The maximum Gasteiger partial charge on any atom is 0.142 e. The van der Waals surface area contributed by atoms with E-state index in [1.54, 1.807) is 12.1 Å². The number of hydrogen-bond acceptors (Lipinski definition) is 3. The van der Waals surface area contributed by atoms with Gasteiger partial charge in [0.25, 0.3) is 0 Å². The van der Waals surface area contributed by atoms with E-state index in [1.807, 2.05) is 0 Å². The van der Waals surface area contributed by atoms with Gasteiger partial charge in [0.15, 0.2) is 0 Å². The molecule has 1 N–H and O–H groups in total. The fourth-order valence-electron chi connectivity index (χ4n) is 1.01. The molecular weight excluding hydrogens is 253 g/mol. The van der Waals surface area contributed by atoms with Gasteiger partial charge in [-0.2, -0.15) is 5.48 Å². The van der Waals surface area contributed by atoms with Crippen LogP contribution in [0.4, 0.5) is 4.39 Å². The minimum Gasteiger partial charge on any atom is -0.497 e. The van der Waals surface area contributed by atoms with Gasteiger partial charge >= 0.3 is 0 Å². The second-order valence-electron chi connectivity index (χ2n) is 2.61. The highest BCUT2D eigenvalue weighted by Gasteiger charge is 2.08. The molecule has 0 amide bonds. The fraction of sp³-hybridized carbons (Fsp3) is 0.333. The summed E-state index contributed by atoms with van der Waals surface area (Å²) in [4.78, 5) is 4.64. The molecule has 78 valence electrons. The number of nitrogens with one attached hydrogen (secondary N) is 1. The van der Waals surface area contributed by atoms with E-state index in [0.29, 0.717) is 15.8 Å². The lowest BCUT2D eigenvalue weighted by Crippen LogP contribution is -2.12. The highest BCUT2D eigenvalue weighted by molar-refractivity contribution is 9.10. The number of ether oxygens (including phenoxy) is 1. The van der Waals surface area contributed by atoms with E-state index < -0.39 is 0 Å². The molecule has 0 spiro atoms. The van der Waals surface area contributed by atoms with E-state index in [-0.39, 0.29) is 12.4 Å². The molecule has 0 saturated heterocycles. The van der Waals surface area contributed by atoms with E-state index in [2.05, 4.69) is 26.2 Å². The van der Waals surface area contributed by atoms with Crippen LogP contribution in [-0.4, -0.2) is 14.2 Å². The van der Waals surface area contributed by atoms with Gasteiger partial charge in [0, 0.05) is 12.1 Å². The molecule has 0 aliphatic rings. The first kappa shape index (κ1) is 11.4. The summed E-state index contributed by atoms with van der Waals surface area (Å²) in [5.41, 5.74) is 3.05. The molecule has 1 aromatic rings. The number of benzene rings is 1. The van der Waals surface area contributed by atoms with Crippen LogP contribution in [0.25, 0.3) is 0 Å². The average molecular weight is 264 g/mol. The van der Waals surface area contributed by atoms with Crippen LogP contribution < -0.4 is 10.2 Å². The third-order valence-corrected chi connectivity index (χ3v) is 2.30. The van der Waals surface area contributed by atoms with Crippen LogP contribution in [0, 0.1) is 5.82 Å². The summed E-state index contributed by atoms with van der Waals surface area (Å²) in [6.07, 6.45) is 0. The summed E-state index contributed by atoms with van der Waals surface area (Å²) in [5, 5.41) is 0. The molecule has 14 heavy (non-hydrogen) atoms. The Labute approximate surface area is 90.3 Å².